The van der Waals surface area contributed by atoms with Crippen molar-refractivity contribution in [3.8, 4) is 0 Å². The van der Waals surface area contributed by atoms with E-state index in [-0.39, 0.29) is 0 Å². The highest BCUT2D eigenvalue weighted by Crippen LogP contribution is 2.33. The van der Waals surface area contributed by atoms with Crippen LogP contribution in [0, 0.1) is 5.92 Å². The number of hydrogen-bond acceptors (Lipinski definition) is 0. The molecule has 0 heterocycles. The summed E-state index contributed by atoms with van der Waals surface area (Å²) in [5.74, 6) is 0.669. The van der Waals surface area contributed by atoms with Crippen LogP contribution in [0.1, 0.15) is 19.4 Å². The molecule has 0 aromatic heterocycles. The largest absolute Gasteiger partial charge is 0.0843 e. The van der Waals surface area contributed by atoms with Crippen molar-refractivity contribution in [1.82, 2.24) is 0 Å². The molecule has 4 aromatic carbocycles. The Labute approximate surface area is 141 Å². The molecule has 0 bridgehead atoms. The minimum Gasteiger partial charge on any atom is -0.0843 e. The zero-order chi connectivity index (χ0) is 16.0. The first kappa shape index (κ1) is 14.5. The predicted octanol–water partition coefficient (Wildman–Crippen LogP) is 7.00. The summed E-state index contributed by atoms with van der Waals surface area (Å²) < 4.78 is 0. The molecule has 0 N–H and O–H groups in total. The molecular weight excluding hydrogens is 300 g/mol. The molecule has 0 amide bonds. The predicted molar refractivity (Wildman–Crippen MR) is 103 cm³/mol. The molecule has 0 nitrogen and oxygen atoms in total. The van der Waals surface area contributed by atoms with Crippen LogP contribution in [-0.4, -0.2) is 0 Å². The fraction of sp³-hybridized carbons (Fsp3) is 0.182. The molecule has 0 aliphatic carbocycles. The van der Waals surface area contributed by atoms with Crippen molar-refractivity contribution < 1.29 is 0 Å². The monoisotopic (exact) mass is 318 g/mol. The van der Waals surface area contributed by atoms with E-state index in [9.17, 15) is 0 Å². The van der Waals surface area contributed by atoms with Crippen molar-refractivity contribution in [3.05, 3.63) is 71.2 Å². The van der Waals surface area contributed by atoms with Crippen molar-refractivity contribution >= 4 is 43.9 Å². The molecule has 0 radical (unpaired) electrons. The number of rotatable bonds is 2. The summed E-state index contributed by atoms with van der Waals surface area (Å²) in [6.45, 7) is 4.53. The van der Waals surface area contributed by atoms with Gasteiger partial charge in [0.25, 0.3) is 0 Å². The maximum atomic E-state index is 6.22. The summed E-state index contributed by atoms with van der Waals surface area (Å²) in [6, 6.07) is 21.9. The third-order valence-corrected chi connectivity index (χ3v) is 4.74. The van der Waals surface area contributed by atoms with Gasteiger partial charge in [0.1, 0.15) is 0 Å². The third-order valence-electron chi connectivity index (χ3n) is 4.51. The topological polar surface area (TPSA) is 0 Å². The van der Waals surface area contributed by atoms with E-state index in [2.05, 4.69) is 68.4 Å². The van der Waals surface area contributed by atoms with E-state index in [4.69, 9.17) is 11.6 Å². The van der Waals surface area contributed by atoms with E-state index >= 15 is 0 Å². The highest BCUT2D eigenvalue weighted by Gasteiger charge is 2.07. The van der Waals surface area contributed by atoms with E-state index in [1.165, 1.54) is 37.9 Å². The van der Waals surface area contributed by atoms with Gasteiger partial charge < -0.3 is 0 Å². The molecular formula is C22H19Cl. The number of hydrogen-bond donors (Lipinski definition) is 0. The number of benzene rings is 4. The van der Waals surface area contributed by atoms with Crippen molar-refractivity contribution in [2.75, 3.05) is 0 Å². The Balaban J connectivity index is 2.06. The van der Waals surface area contributed by atoms with E-state index < -0.39 is 0 Å². The first-order valence-electron chi connectivity index (χ1n) is 8.15. The minimum absolute atomic E-state index is 0.669. The smallest absolute Gasteiger partial charge is 0.0412 e. The molecule has 4 aromatic rings. The Morgan fingerprint density at radius 2 is 1.26 bits per heavy atom. The molecule has 23 heavy (non-hydrogen) atoms. The lowest BCUT2D eigenvalue weighted by Crippen LogP contribution is -1.93. The van der Waals surface area contributed by atoms with Crippen LogP contribution >= 0.6 is 11.6 Å². The Hall–Kier alpha value is -2.05. The van der Waals surface area contributed by atoms with Gasteiger partial charge in [0, 0.05) is 5.02 Å². The second-order valence-electron chi connectivity index (χ2n) is 6.75. The van der Waals surface area contributed by atoms with Gasteiger partial charge in [0.15, 0.2) is 0 Å². The average Bonchev–Trinajstić information content (AvgIpc) is 2.53. The van der Waals surface area contributed by atoms with E-state index in [0.29, 0.717) is 5.92 Å². The van der Waals surface area contributed by atoms with Crippen LogP contribution in [-0.2, 0) is 6.42 Å². The van der Waals surface area contributed by atoms with Crippen molar-refractivity contribution in [3.63, 3.8) is 0 Å². The van der Waals surface area contributed by atoms with Gasteiger partial charge in [-0.2, -0.15) is 0 Å². The molecule has 0 fully saturated rings. The first-order valence-corrected chi connectivity index (χ1v) is 8.53. The molecule has 4 rings (SSSR count). The van der Waals surface area contributed by atoms with Crippen molar-refractivity contribution in [1.29, 1.82) is 0 Å². The summed E-state index contributed by atoms with van der Waals surface area (Å²) >= 11 is 6.22. The van der Waals surface area contributed by atoms with Crippen LogP contribution in [0.4, 0.5) is 0 Å². The normalized spacial score (nSPS) is 11.8. The molecule has 0 saturated carbocycles. The fourth-order valence-corrected chi connectivity index (χ4v) is 3.66. The highest BCUT2D eigenvalue weighted by atomic mass is 35.5. The van der Waals surface area contributed by atoms with Crippen LogP contribution in [0.5, 0.6) is 0 Å². The second-order valence-corrected chi connectivity index (χ2v) is 7.18. The van der Waals surface area contributed by atoms with E-state index in [0.717, 1.165) is 11.4 Å². The van der Waals surface area contributed by atoms with Gasteiger partial charge in [-0.3, -0.25) is 0 Å². The first-order chi connectivity index (χ1) is 11.1. The molecule has 0 aliphatic rings. The van der Waals surface area contributed by atoms with Crippen molar-refractivity contribution in [2.45, 2.75) is 20.3 Å². The maximum absolute atomic E-state index is 6.22. The number of fused-ring (bicyclic) bond motifs is 5. The average molecular weight is 319 g/mol. The Kier molecular flexibility index (Phi) is 3.50. The Bertz CT molecular complexity index is 1030. The SMILES string of the molecule is CC(C)Cc1ccc2ccc3c4cc(Cl)ccc4ccc3c2c1. The standard InChI is InChI=1S/C22H19Cl/c1-14(2)11-15-3-4-16-6-10-20-19(21(16)12-15)9-7-17-5-8-18(23)13-22(17)20/h3-10,12-14H,11H2,1-2H3. The summed E-state index contributed by atoms with van der Waals surface area (Å²) in [4.78, 5) is 0. The number of halogens is 1. The van der Waals surface area contributed by atoms with E-state index in [1.807, 2.05) is 6.07 Å². The van der Waals surface area contributed by atoms with Gasteiger partial charge in [-0.25, -0.2) is 0 Å². The summed E-state index contributed by atoms with van der Waals surface area (Å²) in [5, 5.41) is 8.47. The Morgan fingerprint density at radius 1 is 0.696 bits per heavy atom. The van der Waals surface area contributed by atoms with Gasteiger partial charge in [0.05, 0.1) is 0 Å². The molecule has 0 unspecified atom stereocenters. The molecule has 1 heteroatoms. The molecule has 0 aliphatic heterocycles. The molecule has 114 valence electrons. The molecule has 0 atom stereocenters. The van der Waals surface area contributed by atoms with Crippen LogP contribution in [0.15, 0.2) is 60.7 Å². The zero-order valence-corrected chi connectivity index (χ0v) is 14.2. The summed E-state index contributed by atoms with van der Waals surface area (Å²) in [6.07, 6.45) is 1.12. The lowest BCUT2D eigenvalue weighted by Gasteiger charge is -2.11. The van der Waals surface area contributed by atoms with Crippen LogP contribution in [0.2, 0.25) is 5.02 Å². The fourth-order valence-electron chi connectivity index (χ4n) is 3.48. The van der Waals surface area contributed by atoms with Gasteiger partial charge in [0.2, 0.25) is 0 Å². The van der Waals surface area contributed by atoms with Gasteiger partial charge in [-0.1, -0.05) is 74.0 Å². The minimum atomic E-state index is 0.669. The van der Waals surface area contributed by atoms with E-state index in [1.54, 1.807) is 0 Å². The van der Waals surface area contributed by atoms with Gasteiger partial charge >= 0.3 is 0 Å². The van der Waals surface area contributed by atoms with Gasteiger partial charge in [-0.05, 0) is 62.4 Å². The molecule has 0 saturated heterocycles. The summed E-state index contributed by atoms with van der Waals surface area (Å²) in [5.41, 5.74) is 1.41. The zero-order valence-electron chi connectivity index (χ0n) is 13.4. The van der Waals surface area contributed by atoms with Crippen molar-refractivity contribution in [2.24, 2.45) is 5.92 Å². The third kappa shape index (κ3) is 2.58. The Morgan fingerprint density at radius 3 is 1.91 bits per heavy atom. The highest BCUT2D eigenvalue weighted by molar-refractivity contribution is 6.32. The van der Waals surface area contributed by atoms with Crippen LogP contribution in [0.3, 0.4) is 0 Å². The maximum Gasteiger partial charge on any atom is 0.0412 e. The lowest BCUT2D eigenvalue weighted by molar-refractivity contribution is 0.648. The lowest BCUT2D eigenvalue weighted by atomic mass is 9.94. The van der Waals surface area contributed by atoms with Gasteiger partial charge in [-0.15, -0.1) is 0 Å². The molecule has 0 spiro atoms. The quantitative estimate of drug-likeness (QED) is 0.349. The second kappa shape index (κ2) is 5.54. The van der Waals surface area contributed by atoms with Crippen LogP contribution < -0.4 is 0 Å². The summed E-state index contributed by atoms with van der Waals surface area (Å²) in [7, 11) is 0. The van der Waals surface area contributed by atoms with Crippen LogP contribution in [0.25, 0.3) is 32.3 Å².